The van der Waals surface area contributed by atoms with Gasteiger partial charge in [0.15, 0.2) is 5.78 Å². The van der Waals surface area contributed by atoms with Crippen molar-refractivity contribution in [2.45, 2.75) is 19.3 Å². The molecule has 0 unspecified atom stereocenters. The molecular weight excluding hydrogens is 307 g/mol. The van der Waals surface area contributed by atoms with Gasteiger partial charge >= 0.3 is 0 Å². The van der Waals surface area contributed by atoms with E-state index < -0.39 is 11.9 Å². The van der Waals surface area contributed by atoms with Crippen LogP contribution in [0.25, 0.3) is 0 Å². The molecule has 24 heavy (non-hydrogen) atoms. The second kappa shape index (κ2) is 6.51. The number of hydrogen-bond acceptors (Lipinski definition) is 3. The van der Waals surface area contributed by atoms with Crippen LogP contribution in [0, 0.1) is 18.8 Å². The maximum Gasteiger partial charge on any atom is 0.233 e. The molecule has 1 aromatic heterocycles. The van der Waals surface area contributed by atoms with E-state index in [0.29, 0.717) is 12.2 Å². The summed E-state index contributed by atoms with van der Waals surface area (Å²) in [6.45, 7) is 2.50. The smallest absolute Gasteiger partial charge is 0.233 e. The van der Waals surface area contributed by atoms with Crippen LogP contribution in [0.1, 0.15) is 22.7 Å². The lowest BCUT2D eigenvalue weighted by atomic mass is 9.84. The lowest BCUT2D eigenvalue weighted by Gasteiger charge is -2.16. The van der Waals surface area contributed by atoms with Crippen molar-refractivity contribution in [3.63, 3.8) is 0 Å². The lowest BCUT2D eigenvalue weighted by molar-refractivity contribution is -0.136. The van der Waals surface area contributed by atoms with Crippen LogP contribution in [0.15, 0.2) is 42.5 Å². The van der Waals surface area contributed by atoms with Gasteiger partial charge in [-0.1, -0.05) is 35.9 Å². The molecule has 0 radical (unpaired) electrons. The van der Waals surface area contributed by atoms with Crippen molar-refractivity contribution in [3.05, 3.63) is 65.2 Å². The van der Waals surface area contributed by atoms with Gasteiger partial charge in [0.25, 0.3) is 0 Å². The molecule has 2 atom stereocenters. The summed E-state index contributed by atoms with van der Waals surface area (Å²) in [5.41, 5.74) is 2.46. The van der Waals surface area contributed by atoms with Gasteiger partial charge in [-0.25, -0.2) is 4.98 Å². The molecule has 0 saturated carbocycles. The Bertz CT molecular complexity index is 773. The number of aromatic nitrogens is 1. The second-order valence-corrected chi connectivity index (χ2v) is 6.31. The van der Waals surface area contributed by atoms with E-state index in [4.69, 9.17) is 0 Å². The number of aryl methyl sites for hydroxylation is 1. The average Bonchev–Trinajstić information content (AvgIpc) is 2.83. The first-order valence-corrected chi connectivity index (χ1v) is 7.91. The molecule has 0 bridgehead atoms. The molecule has 2 aromatic rings. The zero-order valence-corrected chi connectivity index (χ0v) is 13.7. The molecule has 0 spiro atoms. The zero-order valence-electron chi connectivity index (χ0n) is 13.7. The summed E-state index contributed by atoms with van der Waals surface area (Å²) >= 11 is 0. The van der Waals surface area contributed by atoms with Crippen molar-refractivity contribution >= 4 is 11.7 Å². The van der Waals surface area contributed by atoms with Crippen molar-refractivity contribution in [1.82, 2.24) is 9.88 Å². The molecule has 4 nitrogen and oxygen atoms in total. The van der Waals surface area contributed by atoms with Crippen LogP contribution in [0.3, 0.4) is 0 Å². The Hall–Kier alpha value is -2.56. The van der Waals surface area contributed by atoms with Gasteiger partial charge in [-0.05, 0) is 24.6 Å². The number of likely N-dealkylation sites (tertiary alicyclic amines) is 1. The summed E-state index contributed by atoms with van der Waals surface area (Å²) in [6, 6.07) is 12.2. The number of rotatable bonds is 4. The molecule has 124 valence electrons. The standard InChI is InChI=1S/C19H19FN2O2/c1-12-6-8-13(9-7-12)15-11-22(2)19(24)18(15)16(23)10-14-4-3-5-17(20)21-14/h3-9,15,18H,10-11H2,1-2H3/t15-,18+/m1/s1. The van der Waals surface area contributed by atoms with E-state index in [9.17, 15) is 14.0 Å². The average molecular weight is 326 g/mol. The van der Waals surface area contributed by atoms with Gasteiger partial charge in [0, 0.05) is 25.9 Å². The first-order chi connectivity index (χ1) is 11.5. The SMILES string of the molecule is Cc1ccc([C@H]2CN(C)C(=O)[C@@H]2C(=O)Cc2cccc(F)n2)cc1. The van der Waals surface area contributed by atoms with Crippen LogP contribution in [-0.2, 0) is 16.0 Å². The Kier molecular flexibility index (Phi) is 4.42. The molecule has 1 fully saturated rings. The number of ketones is 1. The van der Waals surface area contributed by atoms with Crippen LogP contribution >= 0.6 is 0 Å². The van der Waals surface area contributed by atoms with Crippen LogP contribution in [-0.4, -0.2) is 35.2 Å². The predicted molar refractivity (Wildman–Crippen MR) is 88.0 cm³/mol. The number of benzene rings is 1. The predicted octanol–water partition coefficient (Wildman–Crippen LogP) is 2.51. The van der Waals surface area contributed by atoms with Gasteiger partial charge in [0.05, 0.1) is 5.69 Å². The number of pyridine rings is 1. The molecule has 1 aliphatic heterocycles. The highest BCUT2D eigenvalue weighted by Crippen LogP contribution is 2.34. The summed E-state index contributed by atoms with van der Waals surface area (Å²) in [7, 11) is 1.71. The number of hydrogen-bond donors (Lipinski definition) is 0. The topological polar surface area (TPSA) is 50.3 Å². The Labute approximate surface area is 140 Å². The number of halogens is 1. The third kappa shape index (κ3) is 3.20. The fourth-order valence-electron chi connectivity index (χ4n) is 3.21. The van der Waals surface area contributed by atoms with Crippen molar-refractivity contribution in [3.8, 4) is 0 Å². The summed E-state index contributed by atoms with van der Waals surface area (Å²) in [4.78, 5) is 30.5. The Morgan fingerprint density at radius 3 is 2.62 bits per heavy atom. The van der Waals surface area contributed by atoms with Crippen LogP contribution in [0.5, 0.6) is 0 Å². The minimum atomic E-state index is -0.734. The minimum Gasteiger partial charge on any atom is -0.344 e. The summed E-state index contributed by atoms with van der Waals surface area (Å²) in [5, 5.41) is 0. The number of amides is 1. The maximum atomic E-state index is 13.2. The highest BCUT2D eigenvalue weighted by atomic mass is 19.1. The molecule has 5 heteroatoms. The largest absolute Gasteiger partial charge is 0.344 e. The van der Waals surface area contributed by atoms with E-state index in [1.165, 1.54) is 12.1 Å². The Balaban J connectivity index is 1.86. The van der Waals surface area contributed by atoms with Crippen molar-refractivity contribution in [1.29, 1.82) is 0 Å². The van der Waals surface area contributed by atoms with E-state index in [1.54, 1.807) is 18.0 Å². The van der Waals surface area contributed by atoms with Gasteiger partial charge in [-0.2, -0.15) is 4.39 Å². The second-order valence-electron chi connectivity index (χ2n) is 6.31. The third-order valence-corrected chi connectivity index (χ3v) is 4.50. The number of nitrogens with zero attached hydrogens (tertiary/aromatic N) is 2. The van der Waals surface area contributed by atoms with Crippen LogP contribution in [0.4, 0.5) is 4.39 Å². The fourth-order valence-corrected chi connectivity index (χ4v) is 3.21. The molecule has 0 aliphatic carbocycles. The molecule has 1 amide bonds. The van der Waals surface area contributed by atoms with E-state index in [0.717, 1.165) is 11.1 Å². The van der Waals surface area contributed by atoms with E-state index in [1.807, 2.05) is 31.2 Å². The summed E-state index contributed by atoms with van der Waals surface area (Å²) in [5.74, 6) is -1.92. The summed E-state index contributed by atoms with van der Waals surface area (Å²) < 4.78 is 13.2. The van der Waals surface area contributed by atoms with Crippen LogP contribution < -0.4 is 0 Å². The van der Waals surface area contributed by atoms with Crippen molar-refractivity contribution in [2.24, 2.45) is 5.92 Å². The first kappa shape index (κ1) is 16.3. The van der Waals surface area contributed by atoms with Gasteiger partial charge < -0.3 is 4.90 Å². The fraction of sp³-hybridized carbons (Fsp3) is 0.316. The number of carbonyl (C=O) groups is 2. The van der Waals surface area contributed by atoms with Crippen molar-refractivity contribution in [2.75, 3.05) is 13.6 Å². The number of carbonyl (C=O) groups excluding carboxylic acids is 2. The molecule has 1 aromatic carbocycles. The highest BCUT2D eigenvalue weighted by molar-refractivity contribution is 6.04. The molecule has 0 N–H and O–H groups in total. The van der Waals surface area contributed by atoms with E-state index in [2.05, 4.69) is 4.98 Å². The lowest BCUT2D eigenvalue weighted by Crippen LogP contribution is -2.29. The quantitative estimate of drug-likeness (QED) is 0.641. The molecule has 2 heterocycles. The van der Waals surface area contributed by atoms with Gasteiger partial charge in [-0.3, -0.25) is 9.59 Å². The Morgan fingerprint density at radius 1 is 1.25 bits per heavy atom. The van der Waals surface area contributed by atoms with Crippen molar-refractivity contribution < 1.29 is 14.0 Å². The zero-order chi connectivity index (χ0) is 17.3. The number of likely N-dealkylation sites (N-methyl/N-ethyl adjacent to an activating group) is 1. The maximum absolute atomic E-state index is 13.2. The van der Waals surface area contributed by atoms with Gasteiger partial charge in [0.1, 0.15) is 5.92 Å². The van der Waals surface area contributed by atoms with Gasteiger partial charge in [0.2, 0.25) is 11.9 Å². The normalized spacial score (nSPS) is 20.5. The monoisotopic (exact) mass is 326 g/mol. The van der Waals surface area contributed by atoms with Crippen LogP contribution in [0.2, 0.25) is 0 Å². The first-order valence-electron chi connectivity index (χ1n) is 7.91. The Morgan fingerprint density at radius 2 is 1.96 bits per heavy atom. The minimum absolute atomic E-state index is 0.0373. The molecule has 3 rings (SSSR count). The molecule has 1 saturated heterocycles. The van der Waals surface area contributed by atoms with Gasteiger partial charge in [-0.15, -0.1) is 0 Å². The number of Topliss-reactive ketones (excluding diaryl/α,β-unsaturated/α-hetero) is 1. The van der Waals surface area contributed by atoms with E-state index >= 15 is 0 Å². The molecule has 1 aliphatic rings. The highest BCUT2D eigenvalue weighted by Gasteiger charge is 2.43. The third-order valence-electron chi connectivity index (χ3n) is 4.50. The summed E-state index contributed by atoms with van der Waals surface area (Å²) in [6.07, 6.45) is -0.0373. The molecular formula is C19H19FN2O2. The van der Waals surface area contributed by atoms with E-state index in [-0.39, 0.29) is 24.0 Å².